The van der Waals surface area contributed by atoms with Gasteiger partial charge in [-0.05, 0) is 56.0 Å². The normalized spacial score (nSPS) is 19.2. The Morgan fingerprint density at radius 2 is 1.82 bits per heavy atom. The second kappa shape index (κ2) is 8.25. The lowest BCUT2D eigenvalue weighted by atomic mass is 9.81. The van der Waals surface area contributed by atoms with E-state index in [4.69, 9.17) is 28.3 Å². The Labute approximate surface area is 206 Å². The van der Waals surface area contributed by atoms with Gasteiger partial charge in [0, 0.05) is 34.3 Å². The topological polar surface area (TPSA) is 68.8 Å². The third kappa shape index (κ3) is 3.51. The first-order chi connectivity index (χ1) is 16.5. The molecule has 2 bridgehead atoms. The van der Waals surface area contributed by atoms with Gasteiger partial charge in [-0.2, -0.15) is 5.10 Å². The van der Waals surface area contributed by atoms with Gasteiger partial charge in [-0.1, -0.05) is 46.6 Å². The first kappa shape index (κ1) is 21.4. The van der Waals surface area contributed by atoms with Crippen molar-refractivity contribution in [2.75, 3.05) is 0 Å². The zero-order chi connectivity index (χ0) is 23.4. The number of hydrogen-bond donors (Lipinski definition) is 0. The number of fused-ring (bicyclic) bond motifs is 4. The molecule has 1 saturated heterocycles. The molecule has 0 spiro atoms. The average Bonchev–Trinajstić information content (AvgIpc) is 3.43. The molecule has 172 valence electrons. The molecule has 2 aliphatic rings. The molecule has 1 amide bonds. The van der Waals surface area contributed by atoms with Gasteiger partial charge in [0.25, 0.3) is 5.91 Å². The molecule has 1 fully saturated rings. The van der Waals surface area contributed by atoms with Crippen molar-refractivity contribution in [3.8, 4) is 16.9 Å². The van der Waals surface area contributed by atoms with Crippen LogP contribution < -0.4 is 0 Å². The van der Waals surface area contributed by atoms with Gasteiger partial charge < -0.3 is 4.90 Å². The molecule has 0 N–H and O–H groups in total. The van der Waals surface area contributed by atoms with Crippen LogP contribution in [0, 0.1) is 0 Å². The molecule has 2 aromatic carbocycles. The number of aromatic nitrogens is 5. The van der Waals surface area contributed by atoms with Crippen LogP contribution in [-0.4, -0.2) is 41.6 Å². The molecule has 0 saturated carbocycles. The fourth-order valence-corrected chi connectivity index (χ4v) is 5.93. The van der Waals surface area contributed by atoms with Gasteiger partial charge in [0.05, 0.1) is 29.3 Å². The number of hydrogen-bond acceptors (Lipinski definition) is 4. The van der Waals surface area contributed by atoms with Crippen LogP contribution in [0.1, 0.15) is 47.1 Å². The quantitative estimate of drug-likeness (QED) is 0.390. The molecule has 6 rings (SSSR count). The van der Waals surface area contributed by atoms with Crippen molar-refractivity contribution in [1.29, 1.82) is 0 Å². The lowest BCUT2D eigenvalue weighted by Crippen LogP contribution is -2.50. The molecule has 9 heteroatoms. The molecular formula is C25H22Cl2N6O. The summed E-state index contributed by atoms with van der Waals surface area (Å²) in [5.74, 6) is -0.0967. The molecule has 0 aliphatic carbocycles. The Morgan fingerprint density at radius 1 is 1.06 bits per heavy atom. The summed E-state index contributed by atoms with van der Waals surface area (Å²) in [7, 11) is 1.93. The molecule has 2 aliphatic heterocycles. The van der Waals surface area contributed by atoms with Crippen molar-refractivity contribution in [1.82, 2.24) is 29.7 Å². The maximum atomic E-state index is 13.7. The van der Waals surface area contributed by atoms with Crippen molar-refractivity contribution in [3.05, 3.63) is 81.7 Å². The minimum absolute atomic E-state index is 0.0817. The van der Waals surface area contributed by atoms with Crippen molar-refractivity contribution in [2.24, 2.45) is 7.05 Å². The van der Waals surface area contributed by atoms with E-state index >= 15 is 0 Å². The Morgan fingerprint density at radius 3 is 2.59 bits per heavy atom. The number of amides is 1. The molecule has 34 heavy (non-hydrogen) atoms. The SMILES string of the molecule is Cn1nc2c(c1-c1cc(Cl)cc(Cl)c1)CC1CCCC2N1C(=O)c1cn(-c2ccccc2)nn1. The van der Waals surface area contributed by atoms with Crippen LogP contribution in [0.5, 0.6) is 0 Å². The fourth-order valence-electron chi connectivity index (χ4n) is 5.40. The number of aryl methyl sites for hydroxylation is 1. The van der Waals surface area contributed by atoms with Crippen molar-refractivity contribution in [2.45, 2.75) is 37.8 Å². The second-order valence-electron chi connectivity index (χ2n) is 8.90. The molecule has 2 aromatic heterocycles. The average molecular weight is 493 g/mol. The van der Waals surface area contributed by atoms with E-state index in [-0.39, 0.29) is 18.0 Å². The Kier molecular flexibility index (Phi) is 5.19. The van der Waals surface area contributed by atoms with Gasteiger partial charge in [-0.3, -0.25) is 9.48 Å². The Hall–Kier alpha value is -3.16. The van der Waals surface area contributed by atoms with Gasteiger partial charge in [-0.25, -0.2) is 4.68 Å². The van der Waals surface area contributed by atoms with E-state index in [1.165, 1.54) is 5.56 Å². The fraction of sp³-hybridized carbons (Fsp3) is 0.280. The number of carbonyl (C=O) groups is 1. The summed E-state index contributed by atoms with van der Waals surface area (Å²) in [4.78, 5) is 15.6. The highest BCUT2D eigenvalue weighted by Crippen LogP contribution is 2.45. The highest BCUT2D eigenvalue weighted by Gasteiger charge is 2.44. The van der Waals surface area contributed by atoms with E-state index in [1.807, 2.05) is 59.1 Å². The number of benzene rings is 2. The lowest BCUT2D eigenvalue weighted by molar-refractivity contribution is 0.0386. The lowest BCUT2D eigenvalue weighted by Gasteiger charge is -2.45. The minimum Gasteiger partial charge on any atom is -0.325 e. The summed E-state index contributed by atoms with van der Waals surface area (Å²) in [5.41, 5.74) is 5.29. The standard InChI is InChI=1S/C25H22Cl2N6O/c1-31-24(15-10-16(26)12-17(27)11-15)20-13-19-8-5-9-22(23(20)29-31)33(19)25(34)21-14-32(30-28-21)18-6-3-2-4-7-18/h2-4,6-7,10-12,14,19,22H,5,8-9,13H2,1H3. The molecule has 2 unspecified atom stereocenters. The number of nitrogens with zero attached hydrogens (tertiary/aromatic N) is 6. The number of halogens is 2. The monoisotopic (exact) mass is 492 g/mol. The Bertz CT molecular complexity index is 1380. The summed E-state index contributed by atoms with van der Waals surface area (Å²) < 4.78 is 3.53. The van der Waals surface area contributed by atoms with Gasteiger partial charge >= 0.3 is 0 Å². The predicted octanol–water partition coefficient (Wildman–Crippen LogP) is 5.27. The number of carbonyl (C=O) groups excluding carboxylic acids is 1. The molecule has 4 aromatic rings. The van der Waals surface area contributed by atoms with Crippen LogP contribution in [0.4, 0.5) is 0 Å². The summed E-state index contributed by atoms with van der Waals surface area (Å²) in [5, 5.41) is 14.5. The highest BCUT2D eigenvalue weighted by atomic mass is 35.5. The van der Waals surface area contributed by atoms with E-state index in [0.29, 0.717) is 15.7 Å². The third-order valence-electron chi connectivity index (χ3n) is 6.78. The van der Waals surface area contributed by atoms with Crippen LogP contribution in [0.2, 0.25) is 10.0 Å². The van der Waals surface area contributed by atoms with Gasteiger partial charge in [0.1, 0.15) is 0 Å². The smallest absolute Gasteiger partial charge is 0.276 e. The summed E-state index contributed by atoms with van der Waals surface area (Å²) in [6.07, 6.45) is 5.32. The van der Waals surface area contributed by atoms with Crippen LogP contribution in [-0.2, 0) is 13.5 Å². The number of rotatable bonds is 3. The summed E-state index contributed by atoms with van der Waals surface area (Å²) >= 11 is 12.6. The van der Waals surface area contributed by atoms with Crippen LogP contribution in [0.15, 0.2) is 54.7 Å². The van der Waals surface area contributed by atoms with E-state index in [0.717, 1.165) is 48.3 Å². The van der Waals surface area contributed by atoms with Crippen LogP contribution in [0.25, 0.3) is 16.9 Å². The first-order valence-electron chi connectivity index (χ1n) is 11.3. The Balaban J connectivity index is 1.37. The van der Waals surface area contributed by atoms with Crippen molar-refractivity contribution in [3.63, 3.8) is 0 Å². The minimum atomic E-state index is -0.0967. The summed E-state index contributed by atoms with van der Waals surface area (Å²) in [6, 6.07) is 15.2. The van der Waals surface area contributed by atoms with Crippen LogP contribution in [0.3, 0.4) is 0 Å². The maximum absolute atomic E-state index is 13.7. The number of piperidine rings is 1. The predicted molar refractivity (Wildman–Crippen MR) is 130 cm³/mol. The first-order valence-corrected chi connectivity index (χ1v) is 12.1. The van der Waals surface area contributed by atoms with E-state index < -0.39 is 0 Å². The molecule has 7 nitrogen and oxygen atoms in total. The van der Waals surface area contributed by atoms with Crippen molar-refractivity contribution < 1.29 is 4.79 Å². The van der Waals surface area contributed by atoms with Crippen molar-refractivity contribution >= 4 is 29.1 Å². The van der Waals surface area contributed by atoms with Gasteiger partial charge in [-0.15, -0.1) is 5.10 Å². The van der Waals surface area contributed by atoms with Crippen LogP contribution >= 0.6 is 23.2 Å². The van der Waals surface area contributed by atoms with Gasteiger partial charge in [0.2, 0.25) is 0 Å². The number of para-hydroxylation sites is 1. The van der Waals surface area contributed by atoms with E-state index in [1.54, 1.807) is 16.9 Å². The molecule has 2 atom stereocenters. The van der Waals surface area contributed by atoms with E-state index in [2.05, 4.69) is 10.3 Å². The zero-order valence-electron chi connectivity index (χ0n) is 18.5. The highest BCUT2D eigenvalue weighted by molar-refractivity contribution is 6.35. The summed E-state index contributed by atoms with van der Waals surface area (Å²) in [6.45, 7) is 0. The largest absolute Gasteiger partial charge is 0.325 e. The molecular weight excluding hydrogens is 471 g/mol. The molecule has 0 radical (unpaired) electrons. The molecule has 4 heterocycles. The van der Waals surface area contributed by atoms with Gasteiger partial charge in [0.15, 0.2) is 5.69 Å². The third-order valence-corrected chi connectivity index (χ3v) is 7.22. The zero-order valence-corrected chi connectivity index (χ0v) is 20.0. The van der Waals surface area contributed by atoms with E-state index in [9.17, 15) is 4.79 Å². The maximum Gasteiger partial charge on any atom is 0.276 e. The second-order valence-corrected chi connectivity index (χ2v) is 9.77.